The molecule has 0 aromatic heterocycles. The van der Waals surface area contributed by atoms with Gasteiger partial charge in [-0.3, -0.25) is 4.79 Å². The average Bonchev–Trinajstić information content (AvgIpc) is 2.47. The Hall–Kier alpha value is -2.29. The van der Waals surface area contributed by atoms with Crippen molar-refractivity contribution in [3.05, 3.63) is 59.7 Å². The van der Waals surface area contributed by atoms with Gasteiger partial charge in [0.2, 0.25) is 0 Å². The second-order valence-electron chi connectivity index (χ2n) is 4.62. The number of fused-ring (bicyclic) bond motifs is 1. The first-order valence-corrected chi connectivity index (χ1v) is 6.31. The van der Waals surface area contributed by atoms with Crippen LogP contribution in [0.25, 0.3) is 0 Å². The number of Topliss-reactive ketones (excluding diaryl/α,β-unsaturated/α-hetero) is 1. The van der Waals surface area contributed by atoms with Gasteiger partial charge in [0.05, 0.1) is 18.8 Å². The van der Waals surface area contributed by atoms with Crippen molar-refractivity contribution in [2.45, 2.75) is 12.5 Å². The number of carbonyl (C=O) groups is 1. The minimum atomic E-state index is 0.0116. The summed E-state index contributed by atoms with van der Waals surface area (Å²) >= 11 is 0. The van der Waals surface area contributed by atoms with E-state index in [1.807, 2.05) is 48.5 Å². The van der Waals surface area contributed by atoms with Crippen molar-refractivity contribution in [2.24, 2.45) is 0 Å². The van der Waals surface area contributed by atoms with Gasteiger partial charge < -0.3 is 10.1 Å². The Labute approximate surface area is 112 Å². The van der Waals surface area contributed by atoms with Crippen LogP contribution < -0.4 is 10.1 Å². The maximum Gasteiger partial charge on any atom is 0.167 e. The summed E-state index contributed by atoms with van der Waals surface area (Å²) in [7, 11) is 1.62. The van der Waals surface area contributed by atoms with Crippen LogP contribution in [0.1, 0.15) is 28.4 Å². The number of rotatable bonds is 2. The van der Waals surface area contributed by atoms with Crippen LogP contribution in [0.5, 0.6) is 5.75 Å². The lowest BCUT2D eigenvalue weighted by Crippen LogP contribution is -2.23. The average molecular weight is 253 g/mol. The number of hydrogen-bond donors (Lipinski definition) is 1. The van der Waals surface area contributed by atoms with E-state index in [1.165, 1.54) is 0 Å². The highest BCUT2D eigenvalue weighted by molar-refractivity contribution is 6.04. The molecule has 3 nitrogen and oxygen atoms in total. The zero-order valence-electron chi connectivity index (χ0n) is 10.7. The van der Waals surface area contributed by atoms with E-state index in [4.69, 9.17) is 4.74 Å². The third-order valence-electron chi connectivity index (χ3n) is 3.46. The van der Waals surface area contributed by atoms with Crippen molar-refractivity contribution in [2.75, 3.05) is 12.4 Å². The lowest BCUT2D eigenvalue weighted by atomic mass is 9.92. The molecule has 1 heterocycles. The zero-order chi connectivity index (χ0) is 13.2. The predicted octanol–water partition coefficient (Wildman–Crippen LogP) is 3.43. The molecule has 96 valence electrons. The Kier molecular flexibility index (Phi) is 2.95. The highest BCUT2D eigenvalue weighted by Crippen LogP contribution is 2.38. The molecule has 1 atom stereocenters. The van der Waals surface area contributed by atoms with Gasteiger partial charge in [-0.05, 0) is 17.7 Å². The van der Waals surface area contributed by atoms with Gasteiger partial charge >= 0.3 is 0 Å². The summed E-state index contributed by atoms with van der Waals surface area (Å²) in [4.78, 5) is 12.2. The number of nitrogens with one attached hydrogen (secondary N) is 1. The molecule has 0 radical (unpaired) electrons. The third kappa shape index (κ3) is 2.08. The molecule has 0 amide bonds. The number of ketones is 1. The van der Waals surface area contributed by atoms with Crippen LogP contribution in [0.4, 0.5) is 5.69 Å². The monoisotopic (exact) mass is 253 g/mol. The van der Waals surface area contributed by atoms with Gasteiger partial charge in [-0.1, -0.05) is 36.4 Å². The molecule has 19 heavy (non-hydrogen) atoms. The van der Waals surface area contributed by atoms with Crippen LogP contribution in [0.2, 0.25) is 0 Å². The molecule has 1 unspecified atom stereocenters. The van der Waals surface area contributed by atoms with Gasteiger partial charge in [-0.2, -0.15) is 0 Å². The predicted molar refractivity (Wildman–Crippen MR) is 74.7 cm³/mol. The third-order valence-corrected chi connectivity index (χ3v) is 3.46. The van der Waals surface area contributed by atoms with E-state index in [-0.39, 0.29) is 11.8 Å². The zero-order valence-corrected chi connectivity index (χ0v) is 10.7. The normalized spacial score (nSPS) is 17.5. The van der Waals surface area contributed by atoms with Crippen molar-refractivity contribution in [1.82, 2.24) is 0 Å². The molecule has 1 aliphatic heterocycles. The summed E-state index contributed by atoms with van der Waals surface area (Å²) in [5.74, 6) is 0.869. The molecule has 3 rings (SSSR count). The SMILES string of the molecule is COc1cccc2c1NC(c1ccccc1)CC2=O. The molecule has 0 bridgehead atoms. The van der Waals surface area contributed by atoms with Crippen LogP contribution >= 0.6 is 0 Å². The van der Waals surface area contributed by atoms with Crippen molar-refractivity contribution < 1.29 is 9.53 Å². The van der Waals surface area contributed by atoms with Crippen LogP contribution in [0.15, 0.2) is 48.5 Å². The van der Waals surface area contributed by atoms with Gasteiger partial charge in [-0.25, -0.2) is 0 Å². The first-order chi connectivity index (χ1) is 9.29. The molecule has 0 saturated heterocycles. The van der Waals surface area contributed by atoms with E-state index in [9.17, 15) is 4.79 Å². The van der Waals surface area contributed by atoms with Gasteiger partial charge in [0, 0.05) is 12.0 Å². The van der Waals surface area contributed by atoms with Gasteiger partial charge in [0.15, 0.2) is 5.78 Å². The molecular weight excluding hydrogens is 238 g/mol. The highest BCUT2D eigenvalue weighted by atomic mass is 16.5. The highest BCUT2D eigenvalue weighted by Gasteiger charge is 2.27. The van der Waals surface area contributed by atoms with Crippen LogP contribution in [-0.2, 0) is 0 Å². The fraction of sp³-hybridized carbons (Fsp3) is 0.188. The topological polar surface area (TPSA) is 38.3 Å². The fourth-order valence-electron chi connectivity index (χ4n) is 2.49. The molecule has 3 heteroatoms. The van der Waals surface area contributed by atoms with E-state index in [1.54, 1.807) is 7.11 Å². The number of methoxy groups -OCH3 is 1. The largest absolute Gasteiger partial charge is 0.495 e. The lowest BCUT2D eigenvalue weighted by Gasteiger charge is -2.27. The molecule has 1 aliphatic rings. The van der Waals surface area contributed by atoms with Gasteiger partial charge in [0.1, 0.15) is 5.75 Å². The second kappa shape index (κ2) is 4.76. The molecule has 1 N–H and O–H groups in total. The standard InChI is InChI=1S/C16H15NO2/c1-19-15-9-5-8-12-14(18)10-13(17-16(12)15)11-6-3-2-4-7-11/h2-9,13,17H,10H2,1H3. The minimum absolute atomic E-state index is 0.0116. The smallest absolute Gasteiger partial charge is 0.167 e. The van der Waals surface area contributed by atoms with Crippen LogP contribution in [0, 0.1) is 0 Å². The number of benzene rings is 2. The number of ether oxygens (including phenoxy) is 1. The number of anilines is 1. The Morgan fingerprint density at radius 2 is 1.89 bits per heavy atom. The first kappa shape index (κ1) is 11.8. The summed E-state index contributed by atoms with van der Waals surface area (Å²) in [6.07, 6.45) is 0.476. The summed E-state index contributed by atoms with van der Waals surface area (Å²) in [5.41, 5.74) is 2.63. The van der Waals surface area contributed by atoms with E-state index < -0.39 is 0 Å². The molecule has 0 saturated carbocycles. The summed E-state index contributed by atoms with van der Waals surface area (Å²) in [6.45, 7) is 0. The van der Waals surface area contributed by atoms with Crippen LogP contribution in [-0.4, -0.2) is 12.9 Å². The Balaban J connectivity index is 2.02. The van der Waals surface area contributed by atoms with E-state index in [2.05, 4.69) is 5.32 Å². The van der Waals surface area contributed by atoms with Gasteiger partial charge in [-0.15, -0.1) is 0 Å². The molecule has 2 aromatic rings. The summed E-state index contributed by atoms with van der Waals surface area (Å²) < 4.78 is 5.33. The van der Waals surface area contributed by atoms with Crippen LogP contribution in [0.3, 0.4) is 0 Å². The summed E-state index contributed by atoms with van der Waals surface area (Å²) in [5, 5.41) is 3.42. The molecule has 0 spiro atoms. The Bertz CT molecular complexity index is 607. The van der Waals surface area contributed by atoms with Crippen molar-refractivity contribution in [1.29, 1.82) is 0 Å². The summed E-state index contributed by atoms with van der Waals surface area (Å²) in [6, 6.07) is 15.6. The number of para-hydroxylation sites is 1. The quantitative estimate of drug-likeness (QED) is 0.891. The second-order valence-corrected chi connectivity index (χ2v) is 4.62. The maximum absolute atomic E-state index is 12.2. The molecular formula is C16H15NO2. The van der Waals surface area contributed by atoms with E-state index in [0.717, 1.165) is 11.3 Å². The van der Waals surface area contributed by atoms with E-state index in [0.29, 0.717) is 17.7 Å². The van der Waals surface area contributed by atoms with Crippen molar-refractivity contribution in [3.8, 4) is 5.75 Å². The maximum atomic E-state index is 12.2. The lowest BCUT2D eigenvalue weighted by molar-refractivity contribution is 0.0972. The molecule has 2 aromatic carbocycles. The van der Waals surface area contributed by atoms with Gasteiger partial charge in [0.25, 0.3) is 0 Å². The van der Waals surface area contributed by atoms with E-state index >= 15 is 0 Å². The Morgan fingerprint density at radius 1 is 1.11 bits per heavy atom. The number of hydrogen-bond acceptors (Lipinski definition) is 3. The minimum Gasteiger partial charge on any atom is -0.495 e. The molecule has 0 fully saturated rings. The number of carbonyl (C=O) groups excluding carboxylic acids is 1. The first-order valence-electron chi connectivity index (χ1n) is 6.31. The van der Waals surface area contributed by atoms with Crippen molar-refractivity contribution in [3.63, 3.8) is 0 Å². The Morgan fingerprint density at radius 3 is 2.63 bits per heavy atom. The molecule has 0 aliphatic carbocycles. The fourth-order valence-corrected chi connectivity index (χ4v) is 2.49. The van der Waals surface area contributed by atoms with Crippen molar-refractivity contribution >= 4 is 11.5 Å².